The van der Waals surface area contributed by atoms with E-state index in [0.29, 0.717) is 24.1 Å². The van der Waals surface area contributed by atoms with Gasteiger partial charge in [0.15, 0.2) is 34.6 Å². The maximum Gasteiger partial charge on any atom is 0.302 e. The van der Waals surface area contributed by atoms with E-state index in [1.807, 2.05) is 0 Å². The lowest BCUT2D eigenvalue weighted by atomic mass is 9.74. The molecule has 1 amide bonds. The number of benzene rings is 3. The monoisotopic (exact) mass is 725 g/mol. The van der Waals surface area contributed by atoms with Crippen LogP contribution >= 0.6 is 0 Å². The summed E-state index contributed by atoms with van der Waals surface area (Å²) in [6.07, 6.45) is -7.32. The molecule has 3 aromatic rings. The fourth-order valence-electron chi connectivity index (χ4n) is 7.73. The minimum absolute atomic E-state index is 0.0188. The van der Waals surface area contributed by atoms with Gasteiger partial charge < -0.3 is 50.4 Å². The lowest BCUT2D eigenvalue weighted by Gasteiger charge is -2.40. The van der Waals surface area contributed by atoms with E-state index in [9.17, 15) is 39.9 Å². The van der Waals surface area contributed by atoms with Crippen molar-refractivity contribution >= 4 is 40.7 Å². The number of aliphatic imine (C=N–C) groups is 3. The highest BCUT2D eigenvalue weighted by atomic mass is 16.7. The number of ketones is 2. The Morgan fingerprint density at radius 3 is 2.38 bits per heavy atom. The Labute approximate surface area is 301 Å². The number of anilines is 1. The number of amidine groups is 1. The maximum atomic E-state index is 14.1. The van der Waals surface area contributed by atoms with Crippen molar-refractivity contribution in [1.29, 1.82) is 0 Å². The number of rotatable bonds is 5. The van der Waals surface area contributed by atoms with Gasteiger partial charge in [-0.2, -0.15) is 9.98 Å². The quantitative estimate of drug-likeness (QED) is 0.163. The first-order chi connectivity index (χ1) is 25.6. The van der Waals surface area contributed by atoms with Gasteiger partial charge in [-0.15, -0.1) is 0 Å². The second kappa shape index (κ2) is 13.6. The Balaban J connectivity index is 1.38. The molecule has 4 heterocycles. The van der Waals surface area contributed by atoms with Crippen LogP contribution in [0.3, 0.4) is 0 Å². The van der Waals surface area contributed by atoms with Crippen LogP contribution in [0.5, 0.6) is 11.5 Å². The van der Waals surface area contributed by atoms with Crippen molar-refractivity contribution in [2.24, 2.45) is 26.6 Å². The molecular weight excluding hydrogens is 690 g/mol. The van der Waals surface area contributed by atoms with Crippen molar-refractivity contribution in [1.82, 2.24) is 0 Å². The van der Waals surface area contributed by atoms with Gasteiger partial charge in [-0.05, 0) is 36.5 Å². The van der Waals surface area contributed by atoms with Crippen LogP contribution in [0.15, 0.2) is 69.6 Å². The van der Waals surface area contributed by atoms with Crippen LogP contribution in [0.25, 0.3) is 0 Å². The zero-order chi connectivity index (χ0) is 37.1. The predicted octanol–water partition coefficient (Wildman–Crippen LogP) is 0.377. The van der Waals surface area contributed by atoms with Crippen molar-refractivity contribution in [2.75, 3.05) is 31.4 Å². The molecule has 16 nitrogen and oxygen atoms in total. The van der Waals surface area contributed by atoms with Crippen LogP contribution in [0, 0.1) is 5.92 Å². The molecular formula is C37H35N5O11. The molecule has 7 N–H and O–H groups in total. The first-order valence-electron chi connectivity index (χ1n) is 17.1. The molecule has 1 fully saturated rings. The molecule has 2 bridgehead atoms. The molecule has 274 valence electrons. The van der Waals surface area contributed by atoms with Gasteiger partial charge >= 0.3 is 5.91 Å². The van der Waals surface area contributed by atoms with E-state index < -0.39 is 65.8 Å². The Kier molecular flexibility index (Phi) is 8.88. The highest BCUT2D eigenvalue weighted by Crippen LogP contribution is 2.51. The topological polar surface area (TPSA) is 246 Å². The predicted molar refractivity (Wildman–Crippen MR) is 186 cm³/mol. The molecule has 1 aliphatic carbocycles. The second-order valence-electron chi connectivity index (χ2n) is 13.4. The summed E-state index contributed by atoms with van der Waals surface area (Å²) >= 11 is 0. The summed E-state index contributed by atoms with van der Waals surface area (Å²) < 4.78 is 18.3. The molecule has 1 saturated heterocycles. The number of aliphatic hydroxyl groups excluding tert-OH is 4. The SMILES string of the molecule is NC1=NC(=O)C2=NCN(c3ccccc3[C@H]3c4cc5c(c(O)c4O[C@H]4O[C@@H](COC[C@@H]3CCCO)[C@H](O)[C@@H](O)[C@@H]4O)C(=O)c3ccccc3C5=O)C2=N1. The van der Waals surface area contributed by atoms with Crippen LogP contribution in [-0.2, 0) is 14.3 Å². The minimum atomic E-state index is -1.81. The average Bonchev–Trinajstić information content (AvgIpc) is 3.57. The molecule has 4 aliphatic heterocycles. The standard InChI is InChI=1S/C37H35N5O11/c38-37-40-34-26(35(50)41-37)39-15-42(34)22-10-4-3-9-19(22)24-16(6-5-11-43)13-51-14-23-29(46)31(48)32(49)36(52-23)53-33-21(24)12-20-25(30(33)47)28(45)18-8-2-1-7-17(18)27(20)44/h1-4,7-10,12,16,23-24,29,31-32,36,43,46-49H,5-6,11,13-15H2,(H2,38,41,50)/t16-,23-,24-,29-,31+,32-,36+/m0/s1. The number of guanidine groups is 1. The van der Waals surface area contributed by atoms with Crippen LogP contribution < -0.4 is 15.4 Å². The number of para-hydroxylation sites is 1. The van der Waals surface area contributed by atoms with Crippen LogP contribution in [0.4, 0.5) is 5.69 Å². The number of hydrogen-bond acceptors (Lipinski definition) is 15. The number of carbonyl (C=O) groups is 3. The normalized spacial score (nSPS) is 28.0. The number of phenolic OH excluding ortho intramolecular Hbond substituents is 1. The highest BCUT2D eigenvalue weighted by molar-refractivity contribution is 6.72. The number of nitrogens with two attached hydrogens (primary N) is 1. The lowest BCUT2D eigenvalue weighted by molar-refractivity contribution is -0.280. The van der Waals surface area contributed by atoms with Crippen LogP contribution in [0.1, 0.15) is 61.7 Å². The van der Waals surface area contributed by atoms with E-state index in [1.54, 1.807) is 41.3 Å². The summed E-state index contributed by atoms with van der Waals surface area (Å²) in [5, 5.41) is 54.8. The Morgan fingerprint density at radius 2 is 1.60 bits per heavy atom. The Bertz CT molecular complexity index is 2130. The highest BCUT2D eigenvalue weighted by Gasteiger charge is 2.48. The number of aromatic hydroxyl groups is 1. The van der Waals surface area contributed by atoms with E-state index in [-0.39, 0.29) is 77.6 Å². The summed E-state index contributed by atoms with van der Waals surface area (Å²) in [6.45, 7) is -0.463. The minimum Gasteiger partial charge on any atom is -0.504 e. The molecule has 0 aromatic heterocycles. The average molecular weight is 726 g/mol. The zero-order valence-electron chi connectivity index (χ0n) is 28.0. The van der Waals surface area contributed by atoms with Gasteiger partial charge in [-0.3, -0.25) is 19.4 Å². The van der Waals surface area contributed by atoms with Crippen LogP contribution in [0.2, 0.25) is 0 Å². The molecule has 8 rings (SSSR count). The van der Waals surface area contributed by atoms with Crippen molar-refractivity contribution < 1.29 is 54.1 Å². The van der Waals surface area contributed by atoms with Gasteiger partial charge in [-0.1, -0.05) is 42.5 Å². The van der Waals surface area contributed by atoms with Gasteiger partial charge in [0, 0.05) is 40.5 Å². The number of hydrogen-bond donors (Lipinski definition) is 6. The fourth-order valence-corrected chi connectivity index (χ4v) is 7.73. The van der Waals surface area contributed by atoms with Gasteiger partial charge in [0.05, 0.1) is 18.8 Å². The van der Waals surface area contributed by atoms with Gasteiger partial charge in [-0.25, -0.2) is 0 Å². The smallest absolute Gasteiger partial charge is 0.302 e. The number of ether oxygens (including phenoxy) is 3. The largest absolute Gasteiger partial charge is 0.504 e. The number of aliphatic hydroxyl groups is 4. The van der Waals surface area contributed by atoms with Crippen molar-refractivity contribution in [3.8, 4) is 11.5 Å². The third-order valence-corrected chi connectivity index (χ3v) is 10.3. The van der Waals surface area contributed by atoms with Crippen molar-refractivity contribution in [3.63, 3.8) is 0 Å². The third-order valence-electron chi connectivity index (χ3n) is 10.3. The van der Waals surface area contributed by atoms with Crippen molar-refractivity contribution in [2.45, 2.75) is 49.5 Å². The van der Waals surface area contributed by atoms with E-state index in [4.69, 9.17) is 19.9 Å². The second-order valence-corrected chi connectivity index (χ2v) is 13.4. The molecule has 7 atom stereocenters. The first-order valence-corrected chi connectivity index (χ1v) is 17.1. The lowest BCUT2D eigenvalue weighted by Crippen LogP contribution is -2.60. The van der Waals surface area contributed by atoms with Crippen molar-refractivity contribution in [3.05, 3.63) is 88.0 Å². The van der Waals surface area contributed by atoms with E-state index >= 15 is 0 Å². The molecule has 0 saturated carbocycles. The molecule has 5 aliphatic rings. The van der Waals surface area contributed by atoms with E-state index in [2.05, 4.69) is 15.0 Å². The number of nitrogens with zero attached hydrogens (tertiary/aromatic N) is 4. The Hall–Kier alpha value is -5.36. The van der Waals surface area contributed by atoms with E-state index in [1.165, 1.54) is 18.2 Å². The first kappa shape index (κ1) is 34.7. The molecule has 53 heavy (non-hydrogen) atoms. The third kappa shape index (κ3) is 5.70. The van der Waals surface area contributed by atoms with E-state index in [0.717, 1.165) is 0 Å². The summed E-state index contributed by atoms with van der Waals surface area (Å²) in [5.74, 6) is -4.30. The molecule has 0 spiro atoms. The number of phenols is 1. The summed E-state index contributed by atoms with van der Waals surface area (Å²) in [5.41, 5.74) is 6.99. The molecule has 0 radical (unpaired) electrons. The Morgan fingerprint density at radius 1 is 0.868 bits per heavy atom. The number of amides is 1. The maximum absolute atomic E-state index is 14.1. The van der Waals surface area contributed by atoms with Gasteiger partial charge in [0.25, 0.3) is 0 Å². The summed E-state index contributed by atoms with van der Waals surface area (Å²) in [4.78, 5) is 54.9. The molecule has 16 heteroatoms. The molecule has 0 unspecified atom stereocenters. The number of carbonyl (C=O) groups excluding carboxylic acids is 3. The fraction of sp³-hybridized carbons (Fsp3) is 0.351. The van der Waals surface area contributed by atoms with Gasteiger partial charge in [0.2, 0.25) is 12.2 Å². The molecule has 3 aromatic carbocycles. The summed E-state index contributed by atoms with van der Waals surface area (Å²) in [6, 6.07) is 14.8. The number of fused-ring (bicyclic) bond motifs is 6. The summed E-state index contributed by atoms with van der Waals surface area (Å²) in [7, 11) is 0. The van der Waals surface area contributed by atoms with Gasteiger partial charge in [0.1, 0.15) is 31.1 Å². The zero-order valence-corrected chi connectivity index (χ0v) is 28.0. The van der Waals surface area contributed by atoms with Crippen LogP contribution in [-0.4, -0.2) is 118 Å².